The molecule has 2 aliphatic heterocycles. The third kappa shape index (κ3) is 14.5. The summed E-state index contributed by atoms with van der Waals surface area (Å²) in [4.78, 5) is 15.1. The number of rotatable bonds is 22. The Morgan fingerprint density at radius 2 is 1.39 bits per heavy atom. The minimum Gasteiger partial charge on any atom is -0.748 e. The van der Waals surface area contributed by atoms with E-state index in [0.717, 1.165) is 22.7 Å². The molecule has 0 saturated heterocycles. The number of carbonyl (C=O) groups excluding carboxylic acids is 1. The number of unbranched alkanes of at least 4 members (excludes halogenated alkanes) is 2. The molecule has 1 N–H and O–H groups in total. The molecule has 0 aliphatic carbocycles. The normalized spacial score (nSPS) is 17.8. The number of hydrogen-bond acceptors (Lipinski definition) is 16. The molecular weight excluding hydrogens is 879 g/mol. The molecule has 1 unspecified atom stereocenters. The second-order valence-corrected chi connectivity index (χ2v) is 20.4. The lowest BCUT2D eigenvalue weighted by Gasteiger charge is -2.27. The lowest BCUT2D eigenvalue weighted by atomic mass is 9.81. The minimum absolute atomic E-state index is 0.0946. The lowest BCUT2D eigenvalue weighted by molar-refractivity contribution is -0.438. The Labute approximate surface area is 357 Å². The monoisotopic (exact) mass is 926 g/mol. The number of allylic oxidation sites excluding steroid dienone is 8. The summed E-state index contributed by atoms with van der Waals surface area (Å²) >= 11 is 0. The highest BCUT2D eigenvalue weighted by Crippen LogP contribution is 2.48. The van der Waals surface area contributed by atoms with Crippen LogP contribution in [0.25, 0.3) is 0 Å². The number of nitrogens with zero attached hydrogens (tertiary/aromatic N) is 2. The molecule has 22 heteroatoms. The quantitative estimate of drug-likeness (QED) is 0.0584. The molecule has 336 valence electrons. The predicted molar refractivity (Wildman–Crippen MR) is 222 cm³/mol. The summed E-state index contributed by atoms with van der Waals surface area (Å²) in [5.74, 6) is -1.72. The Hall–Kier alpha value is -4.10. The van der Waals surface area contributed by atoms with E-state index in [0.29, 0.717) is 37.2 Å². The first-order chi connectivity index (χ1) is 28.2. The third-order valence-electron chi connectivity index (χ3n) is 10.1. The van der Waals surface area contributed by atoms with Crippen LogP contribution in [0, 0.1) is 0 Å². The van der Waals surface area contributed by atoms with E-state index < -0.39 is 83.1 Å². The zero-order chi connectivity index (χ0) is 45.4. The van der Waals surface area contributed by atoms with Gasteiger partial charge in [0.25, 0.3) is 5.91 Å². The van der Waals surface area contributed by atoms with Crippen LogP contribution in [0.4, 0.5) is 11.4 Å². The Morgan fingerprint density at radius 3 is 2.03 bits per heavy atom. The molecule has 0 radical (unpaired) electrons. The van der Waals surface area contributed by atoms with Crippen molar-refractivity contribution in [1.82, 2.24) is 5.32 Å². The van der Waals surface area contributed by atoms with Gasteiger partial charge in [0.05, 0.1) is 32.3 Å². The van der Waals surface area contributed by atoms with Gasteiger partial charge >= 0.3 is 0 Å². The fourth-order valence-corrected chi connectivity index (χ4v) is 9.17. The third-order valence-corrected chi connectivity index (χ3v) is 12.6. The van der Waals surface area contributed by atoms with Crippen LogP contribution in [-0.2, 0) is 60.2 Å². The highest BCUT2D eigenvalue weighted by Gasteiger charge is 2.44. The van der Waals surface area contributed by atoms with E-state index >= 15 is 0 Å². The maximum Gasteiger partial charge on any atom is 0.251 e. The maximum atomic E-state index is 13.2. The summed E-state index contributed by atoms with van der Waals surface area (Å²) in [5.41, 5.74) is 4.27. The summed E-state index contributed by atoms with van der Waals surface area (Å²) in [5, 5.41) is 2.34. The van der Waals surface area contributed by atoms with Crippen molar-refractivity contribution in [2.24, 2.45) is 0 Å². The standard InChI is InChI=1S/C39H51N3O15S4/c1-38(2)31-16-10-11-17-33(31)41(22-12-14-24-58(44,45)46)35(38)18-8-6-5-7-9-19-36-39(3,4)32-26-29(20-21-34(32)42(36)23-13-15-25-59(47,48)49)37(43)40-27-30(57-61(53,54)55)28-56-60(50,51)52/h5-11,16-21,26,30H,12-15,22-25,27-28H2,1-4H3,(H4-,40,43,44,45,46,47,48,49,50,51,52,53,54,55)/p-3. The van der Waals surface area contributed by atoms with E-state index in [-0.39, 0.29) is 23.8 Å². The van der Waals surface area contributed by atoms with Crippen LogP contribution in [0.2, 0.25) is 0 Å². The van der Waals surface area contributed by atoms with Gasteiger partial charge in [0, 0.05) is 71.1 Å². The molecule has 1 amide bonds. The van der Waals surface area contributed by atoms with Crippen LogP contribution in [0.15, 0.2) is 90.7 Å². The number of carbonyl (C=O) groups is 1. The van der Waals surface area contributed by atoms with Crippen LogP contribution in [-0.4, -0.2) is 112 Å². The van der Waals surface area contributed by atoms with Crippen LogP contribution in [0.3, 0.4) is 0 Å². The molecule has 0 saturated carbocycles. The molecule has 0 spiro atoms. The second-order valence-electron chi connectivity index (χ2n) is 15.3. The van der Waals surface area contributed by atoms with Gasteiger partial charge in [-0.15, -0.1) is 0 Å². The van der Waals surface area contributed by atoms with E-state index in [1.165, 1.54) is 6.07 Å². The van der Waals surface area contributed by atoms with Crippen molar-refractivity contribution in [3.63, 3.8) is 0 Å². The number of amides is 1. The Morgan fingerprint density at radius 1 is 0.770 bits per heavy atom. The van der Waals surface area contributed by atoms with Gasteiger partial charge in [0.1, 0.15) is 12.6 Å². The molecule has 0 aromatic heterocycles. The summed E-state index contributed by atoms with van der Waals surface area (Å²) < 4.78 is 144. The topological polar surface area (TPSA) is 283 Å². The summed E-state index contributed by atoms with van der Waals surface area (Å²) in [6, 6.07) is 12.7. The molecule has 0 fully saturated rings. The van der Waals surface area contributed by atoms with Crippen molar-refractivity contribution in [2.75, 3.05) is 42.6 Å². The van der Waals surface area contributed by atoms with Crippen molar-refractivity contribution in [2.45, 2.75) is 70.3 Å². The average Bonchev–Trinajstić information content (AvgIpc) is 3.48. The van der Waals surface area contributed by atoms with Gasteiger partial charge in [-0.3, -0.25) is 13.2 Å². The highest BCUT2D eigenvalue weighted by atomic mass is 32.3. The van der Waals surface area contributed by atoms with Crippen LogP contribution < -0.4 is 10.2 Å². The molecule has 61 heavy (non-hydrogen) atoms. The molecule has 2 heterocycles. The Bertz CT molecular complexity index is 2560. The second kappa shape index (κ2) is 19.9. The first kappa shape index (κ1) is 49.6. The number of benzene rings is 2. The highest BCUT2D eigenvalue weighted by molar-refractivity contribution is 7.85. The van der Waals surface area contributed by atoms with E-state index in [9.17, 15) is 56.7 Å². The number of hydrogen-bond donors (Lipinski definition) is 1. The zero-order valence-corrected chi connectivity index (χ0v) is 37.1. The zero-order valence-electron chi connectivity index (χ0n) is 33.9. The lowest BCUT2D eigenvalue weighted by Crippen LogP contribution is -2.38. The van der Waals surface area contributed by atoms with Gasteiger partial charge in [0.2, 0.25) is 26.5 Å². The van der Waals surface area contributed by atoms with E-state index in [2.05, 4.69) is 38.2 Å². The fraction of sp³-hybridized carbons (Fsp3) is 0.436. The largest absolute Gasteiger partial charge is 0.748 e. The van der Waals surface area contributed by atoms with Crippen molar-refractivity contribution >= 4 is 64.0 Å². The van der Waals surface area contributed by atoms with Crippen molar-refractivity contribution in [3.05, 3.63) is 107 Å². The fourth-order valence-electron chi connectivity index (χ4n) is 7.28. The van der Waals surface area contributed by atoms with Gasteiger partial charge in [-0.2, -0.15) is 4.58 Å². The van der Waals surface area contributed by atoms with Gasteiger partial charge < -0.3 is 28.4 Å². The summed E-state index contributed by atoms with van der Waals surface area (Å²) in [7, 11) is -19.4. The molecule has 0 bridgehead atoms. The number of nitrogens with one attached hydrogen (secondary N) is 1. The van der Waals surface area contributed by atoms with Crippen LogP contribution in [0.1, 0.15) is 74.9 Å². The molecule has 2 aromatic carbocycles. The maximum absolute atomic E-state index is 13.2. The first-order valence-electron chi connectivity index (χ1n) is 19.0. The minimum atomic E-state index is -5.38. The van der Waals surface area contributed by atoms with E-state index in [4.69, 9.17) is 0 Å². The van der Waals surface area contributed by atoms with E-state index in [1.54, 1.807) is 18.2 Å². The molecule has 18 nitrogen and oxygen atoms in total. The van der Waals surface area contributed by atoms with Crippen LogP contribution >= 0.6 is 0 Å². The molecule has 4 rings (SSSR count). The van der Waals surface area contributed by atoms with Crippen molar-refractivity contribution in [3.8, 4) is 0 Å². The van der Waals surface area contributed by atoms with Crippen LogP contribution in [0.5, 0.6) is 0 Å². The Balaban J connectivity index is 1.56. The molecule has 2 aromatic rings. The number of fused-ring (bicyclic) bond motifs is 2. The van der Waals surface area contributed by atoms with Gasteiger partial charge in [-0.1, -0.05) is 62.4 Å². The smallest absolute Gasteiger partial charge is 0.251 e. The molecular formula is C39H48N3O15S4-3. The summed E-state index contributed by atoms with van der Waals surface area (Å²) in [6.07, 6.45) is 12.4. The Kier molecular flexibility index (Phi) is 16.2. The SMILES string of the molecule is CC1(C)C(/C=C/C=C/C=C/C=C2/N(CCCCS(=O)(=O)[O-])c3ccc(C(=O)NCC(COS(=O)(=O)[O-])OS(=O)(=O)[O-])cc3C2(C)C)=[N+](CCCCS(=O)(=O)[O-])c2ccccc21. The van der Waals surface area contributed by atoms with Gasteiger partial charge in [0.15, 0.2) is 5.71 Å². The van der Waals surface area contributed by atoms with E-state index in [1.807, 2.05) is 73.4 Å². The van der Waals surface area contributed by atoms with Crippen molar-refractivity contribution < 1.29 is 69.6 Å². The number of anilines is 1. The average molecular weight is 927 g/mol. The van der Waals surface area contributed by atoms with Gasteiger partial charge in [-0.05, 0) is 62.9 Å². The predicted octanol–water partition coefficient (Wildman–Crippen LogP) is 3.12. The number of para-hydroxylation sites is 1. The van der Waals surface area contributed by atoms with Gasteiger partial charge in [-0.25, -0.2) is 33.7 Å². The summed E-state index contributed by atoms with van der Waals surface area (Å²) in [6.45, 7) is 6.98. The molecule has 2 aliphatic rings. The first-order valence-corrected chi connectivity index (χ1v) is 24.8. The molecule has 1 atom stereocenters. The van der Waals surface area contributed by atoms with Crippen molar-refractivity contribution in [1.29, 1.82) is 0 Å².